The lowest BCUT2D eigenvalue weighted by Gasteiger charge is -2.14. The van der Waals surface area contributed by atoms with Gasteiger partial charge in [-0.3, -0.25) is 0 Å². The number of hydrogen-bond acceptors (Lipinski definition) is 4. The number of halogens is 2. The smallest absolute Gasteiger partial charge is 0.387 e. The van der Waals surface area contributed by atoms with Crippen LogP contribution in [-0.4, -0.2) is 33.5 Å². The second-order valence-corrected chi connectivity index (χ2v) is 4.19. The summed E-state index contributed by atoms with van der Waals surface area (Å²) < 4.78 is 39.8. The number of benzene rings is 1. The summed E-state index contributed by atoms with van der Waals surface area (Å²) in [5.41, 5.74) is 0.612. The van der Waals surface area contributed by atoms with Gasteiger partial charge in [-0.1, -0.05) is 18.2 Å². The number of alkyl halides is 2. The number of nitrogens with one attached hydrogen (secondary N) is 1. The summed E-state index contributed by atoms with van der Waals surface area (Å²) in [6.07, 6.45) is 2.60. The zero-order valence-corrected chi connectivity index (χ0v) is 12.1. The van der Waals surface area contributed by atoms with Gasteiger partial charge in [-0.05, 0) is 12.5 Å². The van der Waals surface area contributed by atoms with E-state index in [4.69, 9.17) is 9.47 Å². The maximum Gasteiger partial charge on any atom is 0.387 e. The summed E-state index contributed by atoms with van der Waals surface area (Å²) in [5, 5.41) is 3.11. The van der Waals surface area contributed by atoms with Gasteiger partial charge in [-0.25, -0.2) is 0 Å². The molecule has 0 radical (unpaired) electrons. The molecule has 6 heteroatoms. The minimum Gasteiger partial charge on any atom is -0.493 e. The minimum absolute atomic E-state index is 0.0649. The third-order valence-electron chi connectivity index (χ3n) is 2.69. The molecule has 1 aromatic carbocycles. The molecule has 0 fully saturated rings. The molecule has 1 aromatic rings. The first-order valence-electron chi connectivity index (χ1n) is 6.69. The second kappa shape index (κ2) is 10.1. The van der Waals surface area contributed by atoms with E-state index in [0.29, 0.717) is 31.9 Å². The summed E-state index contributed by atoms with van der Waals surface area (Å²) in [5.74, 6) is 0.354. The molecule has 0 bridgehead atoms. The van der Waals surface area contributed by atoms with E-state index in [1.807, 2.05) is 0 Å². The fourth-order valence-electron chi connectivity index (χ4n) is 1.72. The Hall–Kier alpha value is -1.66. The first-order valence-corrected chi connectivity index (χ1v) is 6.69. The molecule has 0 amide bonds. The number of methoxy groups -OCH3 is 1. The monoisotopic (exact) mass is 301 g/mol. The van der Waals surface area contributed by atoms with E-state index in [1.54, 1.807) is 24.3 Å². The number of hydrogen-bond donors (Lipinski definition) is 1. The molecule has 118 valence electrons. The lowest BCUT2D eigenvalue weighted by Crippen LogP contribution is -2.20. The largest absolute Gasteiger partial charge is 0.493 e. The number of para-hydroxylation sites is 1. The zero-order chi connectivity index (χ0) is 15.5. The number of ether oxygens (including phenoxy) is 3. The van der Waals surface area contributed by atoms with Crippen LogP contribution in [0, 0.1) is 0 Å². The van der Waals surface area contributed by atoms with Crippen LogP contribution in [0.15, 0.2) is 30.9 Å². The molecule has 1 N–H and O–H groups in total. The summed E-state index contributed by atoms with van der Waals surface area (Å²) in [6, 6.07) is 5.03. The van der Waals surface area contributed by atoms with Gasteiger partial charge in [0, 0.05) is 18.7 Å². The predicted octanol–water partition coefficient (Wildman–Crippen LogP) is 2.98. The molecule has 0 aliphatic carbocycles. The van der Waals surface area contributed by atoms with Crippen molar-refractivity contribution in [1.82, 2.24) is 5.32 Å². The molecule has 0 heterocycles. The summed E-state index contributed by atoms with van der Waals surface area (Å²) in [6.45, 7) is 2.89. The van der Waals surface area contributed by atoms with E-state index < -0.39 is 6.61 Å². The highest BCUT2D eigenvalue weighted by Gasteiger charge is 2.14. The predicted molar refractivity (Wildman–Crippen MR) is 77.0 cm³/mol. The van der Waals surface area contributed by atoms with Crippen LogP contribution in [0.5, 0.6) is 11.5 Å². The van der Waals surface area contributed by atoms with Crippen molar-refractivity contribution < 1.29 is 23.0 Å². The third kappa shape index (κ3) is 6.55. The van der Waals surface area contributed by atoms with Crippen molar-refractivity contribution in [3.8, 4) is 11.5 Å². The fraction of sp³-hybridized carbons (Fsp3) is 0.467. The second-order valence-electron chi connectivity index (χ2n) is 4.19. The van der Waals surface area contributed by atoms with E-state index in [0.717, 1.165) is 6.42 Å². The standard InChI is InChI=1S/C15H21F2NO3/c1-3-4-9-20-10-8-18-11-12-6-5-7-13(19-2)14(12)21-15(16)17/h3,5-7,15,18H,1,4,8-11H2,2H3. The van der Waals surface area contributed by atoms with Gasteiger partial charge in [0.05, 0.1) is 20.3 Å². The Morgan fingerprint density at radius 2 is 2.14 bits per heavy atom. The van der Waals surface area contributed by atoms with Crippen molar-refractivity contribution in [2.75, 3.05) is 26.9 Å². The Balaban J connectivity index is 2.48. The van der Waals surface area contributed by atoms with Gasteiger partial charge < -0.3 is 19.5 Å². The van der Waals surface area contributed by atoms with Crippen LogP contribution < -0.4 is 14.8 Å². The maximum absolute atomic E-state index is 12.5. The van der Waals surface area contributed by atoms with E-state index in [2.05, 4.69) is 16.6 Å². The Kier molecular flexibility index (Phi) is 8.38. The highest BCUT2D eigenvalue weighted by molar-refractivity contribution is 5.46. The zero-order valence-electron chi connectivity index (χ0n) is 12.1. The van der Waals surface area contributed by atoms with Gasteiger partial charge in [0.1, 0.15) is 0 Å². The molecule has 1 rings (SSSR count). The van der Waals surface area contributed by atoms with Gasteiger partial charge in [0.2, 0.25) is 0 Å². The molecule has 21 heavy (non-hydrogen) atoms. The molecular formula is C15H21F2NO3. The topological polar surface area (TPSA) is 39.7 Å². The van der Waals surface area contributed by atoms with Crippen LogP contribution in [0.3, 0.4) is 0 Å². The van der Waals surface area contributed by atoms with E-state index >= 15 is 0 Å². The first-order chi connectivity index (χ1) is 10.2. The van der Waals surface area contributed by atoms with Crippen molar-refractivity contribution >= 4 is 0 Å². The van der Waals surface area contributed by atoms with Crippen molar-refractivity contribution in [2.24, 2.45) is 0 Å². The van der Waals surface area contributed by atoms with Crippen molar-refractivity contribution in [1.29, 1.82) is 0 Å². The van der Waals surface area contributed by atoms with Crippen LogP contribution in [0.25, 0.3) is 0 Å². The van der Waals surface area contributed by atoms with Crippen molar-refractivity contribution in [3.63, 3.8) is 0 Å². The first kappa shape index (κ1) is 17.4. The normalized spacial score (nSPS) is 10.7. The van der Waals surface area contributed by atoms with Crippen LogP contribution in [0.1, 0.15) is 12.0 Å². The lowest BCUT2D eigenvalue weighted by atomic mass is 10.2. The van der Waals surface area contributed by atoms with Gasteiger partial charge >= 0.3 is 6.61 Å². The molecule has 4 nitrogen and oxygen atoms in total. The molecule has 0 saturated heterocycles. The van der Waals surface area contributed by atoms with Crippen LogP contribution in [0.2, 0.25) is 0 Å². The van der Waals surface area contributed by atoms with Gasteiger partial charge in [-0.2, -0.15) is 8.78 Å². The molecule has 0 saturated carbocycles. The highest BCUT2D eigenvalue weighted by Crippen LogP contribution is 2.32. The lowest BCUT2D eigenvalue weighted by molar-refractivity contribution is -0.0518. The molecule has 0 spiro atoms. The Bertz CT molecular complexity index is 427. The van der Waals surface area contributed by atoms with Gasteiger partial charge in [0.15, 0.2) is 11.5 Å². The van der Waals surface area contributed by atoms with E-state index in [9.17, 15) is 8.78 Å². The molecular weight excluding hydrogens is 280 g/mol. The highest BCUT2D eigenvalue weighted by atomic mass is 19.3. The maximum atomic E-state index is 12.5. The Morgan fingerprint density at radius 1 is 1.33 bits per heavy atom. The molecule has 0 atom stereocenters. The SMILES string of the molecule is C=CCCOCCNCc1cccc(OC)c1OC(F)F. The van der Waals surface area contributed by atoms with Gasteiger partial charge in [0.25, 0.3) is 0 Å². The summed E-state index contributed by atoms with van der Waals surface area (Å²) >= 11 is 0. The summed E-state index contributed by atoms with van der Waals surface area (Å²) in [7, 11) is 1.41. The quantitative estimate of drug-likeness (QED) is 0.504. The van der Waals surface area contributed by atoms with Gasteiger partial charge in [-0.15, -0.1) is 6.58 Å². The van der Waals surface area contributed by atoms with Crippen LogP contribution >= 0.6 is 0 Å². The van der Waals surface area contributed by atoms with E-state index in [-0.39, 0.29) is 11.5 Å². The van der Waals surface area contributed by atoms with Crippen molar-refractivity contribution in [2.45, 2.75) is 19.6 Å². The molecule has 0 aromatic heterocycles. The average molecular weight is 301 g/mol. The summed E-state index contributed by atoms with van der Waals surface area (Å²) in [4.78, 5) is 0. The third-order valence-corrected chi connectivity index (χ3v) is 2.69. The van der Waals surface area contributed by atoms with E-state index in [1.165, 1.54) is 7.11 Å². The molecule has 0 unspecified atom stereocenters. The number of rotatable bonds is 11. The minimum atomic E-state index is -2.89. The van der Waals surface area contributed by atoms with Crippen LogP contribution in [-0.2, 0) is 11.3 Å². The Labute approximate surface area is 123 Å². The molecule has 0 aliphatic rings. The fourth-order valence-corrected chi connectivity index (χ4v) is 1.72. The molecule has 0 aliphatic heterocycles. The van der Waals surface area contributed by atoms with Crippen molar-refractivity contribution in [3.05, 3.63) is 36.4 Å². The van der Waals surface area contributed by atoms with Crippen LogP contribution in [0.4, 0.5) is 8.78 Å². The Morgan fingerprint density at radius 3 is 2.81 bits per heavy atom. The average Bonchev–Trinajstić information content (AvgIpc) is 2.47.